The molecule has 0 aromatic rings. The van der Waals surface area contributed by atoms with Gasteiger partial charge in [-0.3, -0.25) is 18.6 Å². The Hall–Kier alpha value is -1.03. The van der Waals surface area contributed by atoms with Gasteiger partial charge in [-0.15, -0.1) is 0 Å². The van der Waals surface area contributed by atoms with E-state index >= 15 is 0 Å². The molecule has 0 heterocycles. The third-order valence-corrected chi connectivity index (χ3v) is 12.2. The highest BCUT2D eigenvalue weighted by Gasteiger charge is 2.27. The van der Waals surface area contributed by atoms with Crippen LogP contribution in [0.4, 0.5) is 0 Å². The summed E-state index contributed by atoms with van der Waals surface area (Å²) in [6, 6.07) is 0. The van der Waals surface area contributed by atoms with Gasteiger partial charge in [0, 0.05) is 12.8 Å². The van der Waals surface area contributed by atoms with Crippen LogP contribution in [0.1, 0.15) is 258 Å². The Morgan fingerprint density at radius 2 is 0.729 bits per heavy atom. The fourth-order valence-corrected chi connectivity index (χ4v) is 8.20. The first-order chi connectivity index (χ1) is 28.7. The van der Waals surface area contributed by atoms with Gasteiger partial charge in [-0.1, -0.05) is 232 Å². The number of ether oxygens (including phenoxy) is 2. The number of phosphoric ester groups is 1. The van der Waals surface area contributed by atoms with Crippen LogP contribution in [0.5, 0.6) is 0 Å². The van der Waals surface area contributed by atoms with Crippen LogP contribution in [0.15, 0.2) is 0 Å². The third kappa shape index (κ3) is 44.8. The Morgan fingerprint density at radius 1 is 0.441 bits per heavy atom. The lowest BCUT2D eigenvalue weighted by Crippen LogP contribution is -2.29. The predicted octanol–water partition coefficient (Wildman–Crippen LogP) is 13.8. The number of aliphatic hydroxyl groups is 2. The first-order valence-electron chi connectivity index (χ1n) is 25.0. The summed E-state index contributed by atoms with van der Waals surface area (Å²) in [7, 11) is -4.61. The van der Waals surface area contributed by atoms with E-state index in [2.05, 4.69) is 13.8 Å². The van der Waals surface area contributed by atoms with Crippen molar-refractivity contribution in [2.45, 2.75) is 270 Å². The lowest BCUT2D eigenvalue weighted by Gasteiger charge is -2.20. The van der Waals surface area contributed by atoms with Crippen LogP contribution in [-0.2, 0) is 32.7 Å². The van der Waals surface area contributed by atoms with E-state index in [0.717, 1.165) is 32.1 Å². The molecule has 0 amide bonds. The zero-order valence-corrected chi connectivity index (χ0v) is 39.4. The normalized spacial score (nSPS) is 13.6. The molecule has 11 heteroatoms. The van der Waals surface area contributed by atoms with E-state index in [1.165, 1.54) is 186 Å². The molecule has 0 bridgehead atoms. The minimum Gasteiger partial charge on any atom is -0.462 e. The molecule has 0 aromatic carbocycles. The second-order valence-electron chi connectivity index (χ2n) is 17.2. The van der Waals surface area contributed by atoms with Gasteiger partial charge < -0.3 is 24.6 Å². The Balaban J connectivity index is 4.15. The van der Waals surface area contributed by atoms with Crippen molar-refractivity contribution in [2.24, 2.45) is 0 Å². The molecule has 10 nitrogen and oxygen atoms in total. The molecular formula is C48H95O10P. The maximum atomic E-state index is 12.7. The van der Waals surface area contributed by atoms with Gasteiger partial charge in [-0.05, 0) is 12.8 Å². The number of hydrogen-bond acceptors (Lipinski definition) is 9. The molecule has 0 fully saturated rings. The van der Waals surface area contributed by atoms with Crippen molar-refractivity contribution in [3.8, 4) is 0 Å². The van der Waals surface area contributed by atoms with Crippen LogP contribution < -0.4 is 0 Å². The van der Waals surface area contributed by atoms with E-state index in [9.17, 15) is 24.2 Å². The van der Waals surface area contributed by atoms with E-state index in [0.29, 0.717) is 12.8 Å². The molecule has 0 spiro atoms. The summed E-state index contributed by atoms with van der Waals surface area (Å²) in [6.07, 6.45) is 43.5. The van der Waals surface area contributed by atoms with Gasteiger partial charge in [0.25, 0.3) is 0 Å². The molecule has 0 aliphatic carbocycles. The average molecular weight is 863 g/mol. The molecule has 0 radical (unpaired) electrons. The van der Waals surface area contributed by atoms with Crippen molar-refractivity contribution in [1.29, 1.82) is 0 Å². The molecule has 0 saturated carbocycles. The van der Waals surface area contributed by atoms with Crippen molar-refractivity contribution in [2.75, 3.05) is 26.4 Å². The highest BCUT2D eigenvalue weighted by atomic mass is 31.2. The molecule has 0 saturated heterocycles. The van der Waals surface area contributed by atoms with Gasteiger partial charge in [-0.25, -0.2) is 4.57 Å². The largest absolute Gasteiger partial charge is 0.472 e. The monoisotopic (exact) mass is 863 g/mol. The van der Waals surface area contributed by atoms with Crippen LogP contribution >= 0.6 is 7.82 Å². The van der Waals surface area contributed by atoms with E-state index in [1.807, 2.05) is 0 Å². The lowest BCUT2D eigenvalue weighted by atomic mass is 10.0. The average Bonchev–Trinajstić information content (AvgIpc) is 3.22. The van der Waals surface area contributed by atoms with Gasteiger partial charge in [0.1, 0.15) is 12.7 Å². The number of hydrogen-bond donors (Lipinski definition) is 3. The summed E-state index contributed by atoms with van der Waals surface area (Å²) in [5, 5.41) is 18.4. The van der Waals surface area contributed by atoms with Gasteiger partial charge in [0.2, 0.25) is 0 Å². The van der Waals surface area contributed by atoms with Gasteiger partial charge in [-0.2, -0.15) is 0 Å². The number of esters is 2. The fourth-order valence-electron chi connectivity index (χ4n) is 7.41. The quantitative estimate of drug-likeness (QED) is 0.0306. The summed E-state index contributed by atoms with van der Waals surface area (Å²) >= 11 is 0. The summed E-state index contributed by atoms with van der Waals surface area (Å²) in [6.45, 7) is 2.45. The number of carbonyl (C=O) groups is 2. The number of unbranched alkanes of at least 4 members (excludes halogenated alkanes) is 34. The number of carbonyl (C=O) groups excluding carboxylic acids is 2. The van der Waals surface area contributed by atoms with Crippen LogP contribution in [0.25, 0.3) is 0 Å². The fraction of sp³-hybridized carbons (Fsp3) is 0.958. The van der Waals surface area contributed by atoms with E-state index < -0.39 is 51.8 Å². The minimum atomic E-state index is -4.61. The zero-order valence-electron chi connectivity index (χ0n) is 38.5. The molecule has 0 aliphatic rings. The topological polar surface area (TPSA) is 149 Å². The lowest BCUT2D eigenvalue weighted by molar-refractivity contribution is -0.161. The Morgan fingerprint density at radius 3 is 1.05 bits per heavy atom. The molecule has 3 unspecified atom stereocenters. The van der Waals surface area contributed by atoms with Gasteiger partial charge >= 0.3 is 19.8 Å². The smallest absolute Gasteiger partial charge is 0.462 e. The van der Waals surface area contributed by atoms with E-state index in [1.54, 1.807) is 0 Å². The highest BCUT2D eigenvalue weighted by Crippen LogP contribution is 2.43. The summed E-state index contributed by atoms with van der Waals surface area (Å²) in [5.74, 6) is -0.903. The zero-order chi connectivity index (χ0) is 43.3. The predicted molar refractivity (Wildman–Crippen MR) is 242 cm³/mol. The molecule has 0 aromatic heterocycles. The van der Waals surface area contributed by atoms with Crippen LogP contribution in [0, 0.1) is 0 Å². The molecule has 3 N–H and O–H groups in total. The maximum absolute atomic E-state index is 12.7. The van der Waals surface area contributed by atoms with Crippen LogP contribution in [-0.4, -0.2) is 65.7 Å². The Bertz CT molecular complexity index is 951. The van der Waals surface area contributed by atoms with Crippen molar-refractivity contribution in [1.82, 2.24) is 0 Å². The number of phosphoric acid groups is 1. The van der Waals surface area contributed by atoms with Crippen molar-refractivity contribution in [3.63, 3.8) is 0 Å². The molecular weight excluding hydrogens is 767 g/mol. The van der Waals surface area contributed by atoms with Gasteiger partial charge in [0.05, 0.1) is 19.8 Å². The van der Waals surface area contributed by atoms with Gasteiger partial charge in [0.15, 0.2) is 6.10 Å². The summed E-state index contributed by atoms with van der Waals surface area (Å²) in [4.78, 5) is 35.1. The summed E-state index contributed by atoms with van der Waals surface area (Å²) in [5.41, 5.74) is 0. The molecule has 0 rings (SSSR count). The minimum absolute atomic E-state index is 0.193. The number of rotatable bonds is 48. The maximum Gasteiger partial charge on any atom is 0.472 e. The van der Waals surface area contributed by atoms with E-state index in [-0.39, 0.29) is 19.4 Å². The second kappa shape index (κ2) is 45.0. The first-order valence-corrected chi connectivity index (χ1v) is 26.5. The van der Waals surface area contributed by atoms with Crippen LogP contribution in [0.2, 0.25) is 0 Å². The van der Waals surface area contributed by atoms with Crippen molar-refractivity contribution >= 4 is 19.8 Å². The SMILES string of the molecule is CCCCCCCCCCCCCCCCCCCCCC(=O)OC(COC(=O)CCCCCCCCCCCCCCCCCCC)COP(=O)(O)OCC(O)CO. The molecule has 3 atom stereocenters. The van der Waals surface area contributed by atoms with Crippen molar-refractivity contribution < 1.29 is 47.8 Å². The molecule has 59 heavy (non-hydrogen) atoms. The second-order valence-corrected chi connectivity index (χ2v) is 18.7. The van der Waals surface area contributed by atoms with E-state index in [4.69, 9.17) is 23.6 Å². The summed E-state index contributed by atoms with van der Waals surface area (Å²) < 4.78 is 32.9. The molecule has 0 aliphatic heterocycles. The van der Waals surface area contributed by atoms with Crippen LogP contribution in [0.3, 0.4) is 0 Å². The standard InChI is InChI=1S/C48H95O10P/c1-3-5-7-9-11-13-15-17-19-21-22-24-26-28-30-32-34-36-38-40-48(52)58-46(44-57-59(53,54)56-42-45(50)41-49)43-55-47(51)39-37-35-33-31-29-27-25-23-20-18-16-14-12-10-8-6-4-2/h45-46,49-50H,3-44H2,1-2H3,(H,53,54). The third-order valence-electron chi connectivity index (χ3n) is 11.3. The molecule has 352 valence electrons. The Kier molecular flexibility index (Phi) is 44.2. The highest BCUT2D eigenvalue weighted by molar-refractivity contribution is 7.47. The first kappa shape index (κ1) is 58.0. The number of aliphatic hydroxyl groups excluding tert-OH is 2. The van der Waals surface area contributed by atoms with Crippen molar-refractivity contribution in [3.05, 3.63) is 0 Å². The Labute approximate surface area is 363 Å².